The highest BCUT2D eigenvalue weighted by atomic mass is 19.4. The zero-order chi connectivity index (χ0) is 15.5. The van der Waals surface area contributed by atoms with Crippen LogP contribution in [0.15, 0.2) is 39.8 Å². The van der Waals surface area contributed by atoms with Gasteiger partial charge in [-0.2, -0.15) is 0 Å². The summed E-state index contributed by atoms with van der Waals surface area (Å²) in [5.74, 6) is -0.893. The maximum absolute atomic E-state index is 12.0. The first-order valence-electron chi connectivity index (χ1n) is 5.55. The van der Waals surface area contributed by atoms with Gasteiger partial charge in [-0.05, 0) is 29.5 Å². The summed E-state index contributed by atoms with van der Waals surface area (Å²) in [6, 6.07) is 4.63. The smallest absolute Gasteiger partial charge is 0.406 e. The number of nitrogens with one attached hydrogen (secondary N) is 2. The molecule has 0 spiro atoms. The Hall–Kier alpha value is -2.78. The van der Waals surface area contributed by atoms with Crippen molar-refractivity contribution in [2.24, 2.45) is 0 Å². The Labute approximate surface area is 114 Å². The van der Waals surface area contributed by atoms with Crippen molar-refractivity contribution in [2.75, 3.05) is 5.32 Å². The molecule has 0 aliphatic rings. The van der Waals surface area contributed by atoms with E-state index in [1.165, 1.54) is 12.1 Å². The van der Waals surface area contributed by atoms with Gasteiger partial charge in [0.1, 0.15) is 5.75 Å². The fourth-order valence-electron chi connectivity index (χ4n) is 1.46. The topological polar surface area (TPSA) is 88.2 Å². The number of alkyl halides is 3. The van der Waals surface area contributed by atoms with Crippen LogP contribution < -0.4 is 20.4 Å². The number of aromatic nitrogens is 2. The summed E-state index contributed by atoms with van der Waals surface area (Å²) >= 11 is 0. The standard InChI is InChI=1S/C11H8F3N3O4/c12-11(13,14)20-8-3-1-7(2-4-8)15-9(18)5-17-6-10(19)21-16-17/h1-4,6H,5H2,(H-,15,16,18,19)/p+1. The SMILES string of the molecule is O=C(C[n+]1cc(=O)o[nH]1)Nc1ccc(OC(F)(F)F)cc1. The molecule has 1 amide bonds. The Morgan fingerprint density at radius 3 is 2.52 bits per heavy atom. The van der Waals surface area contributed by atoms with E-state index in [1.54, 1.807) is 0 Å². The van der Waals surface area contributed by atoms with Crippen LogP contribution in [0, 0.1) is 0 Å². The third-order valence-corrected chi connectivity index (χ3v) is 2.21. The quantitative estimate of drug-likeness (QED) is 0.818. The van der Waals surface area contributed by atoms with Gasteiger partial charge in [0.05, 0.1) is 0 Å². The summed E-state index contributed by atoms with van der Waals surface area (Å²) in [7, 11) is 0. The second-order valence-electron chi connectivity index (χ2n) is 3.89. The molecular weight excluding hydrogens is 295 g/mol. The molecule has 1 aromatic heterocycles. The molecule has 0 aliphatic carbocycles. The average Bonchev–Trinajstić information content (AvgIpc) is 2.75. The number of halogens is 3. The predicted molar refractivity (Wildman–Crippen MR) is 61.3 cm³/mol. The third kappa shape index (κ3) is 4.67. The Bertz CT molecular complexity index is 675. The fourth-order valence-corrected chi connectivity index (χ4v) is 1.46. The van der Waals surface area contributed by atoms with Crippen LogP contribution in [0.3, 0.4) is 0 Å². The van der Waals surface area contributed by atoms with E-state index in [9.17, 15) is 22.8 Å². The molecule has 2 rings (SSSR count). The van der Waals surface area contributed by atoms with Crippen molar-refractivity contribution in [1.82, 2.24) is 5.27 Å². The van der Waals surface area contributed by atoms with Crippen molar-refractivity contribution < 1.29 is 31.9 Å². The molecule has 1 aromatic carbocycles. The van der Waals surface area contributed by atoms with Crippen LogP contribution in [0.5, 0.6) is 5.75 Å². The molecule has 0 aliphatic heterocycles. The molecule has 112 valence electrons. The molecule has 2 aromatic rings. The monoisotopic (exact) mass is 304 g/mol. The molecule has 0 bridgehead atoms. The van der Waals surface area contributed by atoms with E-state index in [0.29, 0.717) is 0 Å². The fraction of sp³-hybridized carbons (Fsp3) is 0.182. The highest BCUT2D eigenvalue weighted by molar-refractivity contribution is 5.89. The van der Waals surface area contributed by atoms with E-state index in [1.807, 2.05) is 0 Å². The van der Waals surface area contributed by atoms with Crippen LogP contribution >= 0.6 is 0 Å². The molecule has 21 heavy (non-hydrogen) atoms. The van der Waals surface area contributed by atoms with E-state index in [4.69, 9.17) is 0 Å². The number of ether oxygens (including phenoxy) is 1. The van der Waals surface area contributed by atoms with Crippen molar-refractivity contribution in [3.05, 3.63) is 40.9 Å². The number of amides is 1. The maximum Gasteiger partial charge on any atom is 0.573 e. The van der Waals surface area contributed by atoms with Gasteiger partial charge in [0.2, 0.25) is 0 Å². The molecular formula is C11H9F3N3O4+. The lowest BCUT2D eigenvalue weighted by molar-refractivity contribution is -0.750. The first-order valence-corrected chi connectivity index (χ1v) is 5.55. The van der Waals surface area contributed by atoms with Crippen molar-refractivity contribution >= 4 is 11.6 Å². The third-order valence-electron chi connectivity index (χ3n) is 2.21. The lowest BCUT2D eigenvalue weighted by atomic mass is 10.3. The van der Waals surface area contributed by atoms with E-state index < -0.39 is 23.6 Å². The minimum Gasteiger partial charge on any atom is -0.406 e. The van der Waals surface area contributed by atoms with Crippen molar-refractivity contribution in [1.29, 1.82) is 0 Å². The van der Waals surface area contributed by atoms with Gasteiger partial charge in [0, 0.05) is 5.69 Å². The van der Waals surface area contributed by atoms with E-state index >= 15 is 0 Å². The normalized spacial score (nSPS) is 11.2. The van der Waals surface area contributed by atoms with Crippen LogP contribution in [0.4, 0.5) is 18.9 Å². The Balaban J connectivity index is 1.93. The molecule has 0 saturated heterocycles. The van der Waals surface area contributed by atoms with E-state index in [2.05, 4.69) is 19.8 Å². The van der Waals surface area contributed by atoms with Gasteiger partial charge in [-0.1, -0.05) is 4.68 Å². The molecule has 10 heteroatoms. The number of carbonyl (C=O) groups excluding carboxylic acids is 1. The minimum atomic E-state index is -4.77. The summed E-state index contributed by atoms with van der Waals surface area (Å²) in [6.07, 6.45) is -3.73. The minimum absolute atomic E-state index is 0.216. The number of carbonyl (C=O) groups is 1. The highest BCUT2D eigenvalue weighted by Crippen LogP contribution is 2.23. The van der Waals surface area contributed by atoms with E-state index in [0.717, 1.165) is 23.0 Å². The van der Waals surface area contributed by atoms with Gasteiger partial charge in [0.25, 0.3) is 18.6 Å². The van der Waals surface area contributed by atoms with Crippen molar-refractivity contribution in [3.8, 4) is 5.75 Å². The number of aromatic amines is 1. The van der Waals surface area contributed by atoms with Gasteiger partial charge in [-0.15, -0.1) is 13.2 Å². The predicted octanol–water partition coefficient (Wildman–Crippen LogP) is 0.793. The molecule has 1 heterocycles. The summed E-state index contributed by atoms with van der Waals surface area (Å²) < 4.78 is 45.0. The van der Waals surface area contributed by atoms with Gasteiger partial charge in [-0.25, -0.2) is 4.79 Å². The molecule has 0 unspecified atom stereocenters. The van der Waals surface area contributed by atoms with Gasteiger partial charge in [0.15, 0.2) is 0 Å². The molecule has 0 radical (unpaired) electrons. The number of hydrogen-bond donors (Lipinski definition) is 2. The van der Waals surface area contributed by atoms with Crippen LogP contribution in [0.2, 0.25) is 0 Å². The maximum atomic E-state index is 12.0. The summed E-state index contributed by atoms with van der Waals surface area (Å²) in [6.45, 7) is -0.216. The number of rotatable bonds is 4. The zero-order valence-electron chi connectivity index (χ0n) is 10.3. The second kappa shape index (κ2) is 5.69. The Morgan fingerprint density at radius 2 is 2.00 bits per heavy atom. The van der Waals surface area contributed by atoms with Gasteiger partial charge in [-0.3, -0.25) is 9.32 Å². The second-order valence-corrected chi connectivity index (χ2v) is 3.89. The molecule has 7 nitrogen and oxygen atoms in total. The Morgan fingerprint density at radius 1 is 1.33 bits per heavy atom. The molecule has 2 N–H and O–H groups in total. The van der Waals surface area contributed by atoms with Crippen LogP contribution in [-0.4, -0.2) is 17.5 Å². The lowest BCUT2D eigenvalue weighted by Crippen LogP contribution is -2.41. The van der Waals surface area contributed by atoms with Crippen molar-refractivity contribution in [3.63, 3.8) is 0 Å². The zero-order valence-corrected chi connectivity index (χ0v) is 10.3. The first kappa shape index (κ1) is 14.6. The molecule has 0 atom stereocenters. The number of anilines is 1. The largest absolute Gasteiger partial charge is 0.573 e. The Kier molecular flexibility index (Phi) is 3.96. The van der Waals surface area contributed by atoms with Crippen LogP contribution in [0.1, 0.15) is 0 Å². The van der Waals surface area contributed by atoms with Crippen LogP contribution in [-0.2, 0) is 11.3 Å². The van der Waals surface area contributed by atoms with Crippen LogP contribution in [0.25, 0.3) is 0 Å². The summed E-state index contributed by atoms with van der Waals surface area (Å²) in [5, 5.41) is 4.61. The lowest BCUT2D eigenvalue weighted by Gasteiger charge is -2.09. The number of benzene rings is 1. The number of hydrogen-bond acceptors (Lipinski definition) is 4. The summed E-state index contributed by atoms with van der Waals surface area (Å²) in [5.41, 5.74) is -0.364. The number of nitrogens with zero attached hydrogens (tertiary/aromatic N) is 1. The molecule has 0 saturated carbocycles. The molecule has 0 fully saturated rings. The highest BCUT2D eigenvalue weighted by Gasteiger charge is 2.30. The van der Waals surface area contributed by atoms with Gasteiger partial charge < -0.3 is 10.1 Å². The first-order chi connectivity index (χ1) is 9.82. The van der Waals surface area contributed by atoms with Gasteiger partial charge >= 0.3 is 12.0 Å². The average molecular weight is 304 g/mol. The van der Waals surface area contributed by atoms with E-state index in [-0.39, 0.29) is 12.2 Å². The summed E-state index contributed by atoms with van der Waals surface area (Å²) in [4.78, 5) is 22.3. The number of H-pyrrole nitrogens is 1. The van der Waals surface area contributed by atoms with Crippen molar-refractivity contribution in [2.45, 2.75) is 12.9 Å².